The fourth-order valence-electron chi connectivity index (χ4n) is 4.12. The maximum Gasteiger partial charge on any atom is 0.266 e. The van der Waals surface area contributed by atoms with E-state index in [2.05, 4.69) is 31.7 Å². The predicted octanol–water partition coefficient (Wildman–Crippen LogP) is 3.30. The minimum absolute atomic E-state index is 0. The van der Waals surface area contributed by atoms with E-state index >= 15 is 0 Å². The van der Waals surface area contributed by atoms with Crippen LogP contribution < -0.4 is 5.32 Å². The first-order valence-electron chi connectivity index (χ1n) is 9.06. The lowest BCUT2D eigenvalue weighted by Gasteiger charge is -2.29. The molecule has 1 N–H and O–H groups in total. The maximum absolute atomic E-state index is 13.3. The van der Waals surface area contributed by atoms with Gasteiger partial charge in [0.1, 0.15) is 10.7 Å². The minimum atomic E-state index is 0. The van der Waals surface area contributed by atoms with E-state index in [0.29, 0.717) is 18.0 Å². The van der Waals surface area contributed by atoms with E-state index in [0.717, 1.165) is 55.3 Å². The third-order valence-corrected chi connectivity index (χ3v) is 6.69. The number of nitrogens with one attached hydrogen (secondary N) is 1. The number of rotatable bonds is 5. The molecule has 1 aliphatic heterocycles. The lowest BCUT2D eigenvalue weighted by molar-refractivity contribution is 0.0689. The summed E-state index contributed by atoms with van der Waals surface area (Å²) in [5, 5.41) is 3.44. The molecule has 27 heavy (non-hydrogen) atoms. The molecule has 1 spiro atoms. The summed E-state index contributed by atoms with van der Waals surface area (Å²) in [5.41, 5.74) is 2.91. The number of hydrogen-bond acceptors (Lipinski definition) is 5. The Hall–Kier alpha value is -1.15. The number of halogens is 2. The van der Waals surface area contributed by atoms with Gasteiger partial charge in [-0.1, -0.05) is 0 Å². The van der Waals surface area contributed by atoms with Gasteiger partial charge in [0.15, 0.2) is 0 Å². The van der Waals surface area contributed by atoms with Crippen LogP contribution >= 0.6 is 36.2 Å². The number of nitrogens with zero attached hydrogens (tertiary/aromatic N) is 4. The Morgan fingerprint density at radius 3 is 2.74 bits per heavy atom. The van der Waals surface area contributed by atoms with E-state index in [9.17, 15) is 4.79 Å². The molecule has 2 aromatic heterocycles. The molecule has 2 aromatic rings. The van der Waals surface area contributed by atoms with Gasteiger partial charge < -0.3 is 14.8 Å². The summed E-state index contributed by atoms with van der Waals surface area (Å²) < 4.78 is 2.12. The number of hydrogen-bond donors (Lipinski definition) is 1. The van der Waals surface area contributed by atoms with Gasteiger partial charge in [0.05, 0.1) is 17.7 Å². The molecule has 3 heterocycles. The van der Waals surface area contributed by atoms with Crippen molar-refractivity contribution in [2.45, 2.75) is 52.2 Å². The highest BCUT2D eigenvalue weighted by atomic mass is 35.5. The fourth-order valence-corrected chi connectivity index (χ4v) is 4.88. The largest absolute Gasteiger partial charge is 0.334 e. The molecule has 4 rings (SSSR count). The Kier molecular flexibility index (Phi) is 7.30. The Bertz CT molecular complexity index is 771. The zero-order valence-electron chi connectivity index (χ0n) is 15.7. The van der Waals surface area contributed by atoms with Gasteiger partial charge in [-0.3, -0.25) is 4.79 Å². The molecule has 1 amide bonds. The van der Waals surface area contributed by atoms with Crippen molar-refractivity contribution in [2.75, 3.05) is 13.1 Å². The summed E-state index contributed by atoms with van der Waals surface area (Å²) in [4.78, 5) is 24.9. The van der Waals surface area contributed by atoms with Crippen LogP contribution in [0.3, 0.4) is 0 Å². The highest BCUT2D eigenvalue weighted by Gasteiger charge is 2.58. The summed E-state index contributed by atoms with van der Waals surface area (Å²) in [7, 11) is 0. The van der Waals surface area contributed by atoms with Crippen molar-refractivity contribution in [3.8, 4) is 0 Å². The van der Waals surface area contributed by atoms with Gasteiger partial charge in [-0.15, -0.1) is 36.2 Å². The number of amides is 1. The molecule has 1 aliphatic carbocycles. The first-order chi connectivity index (χ1) is 12.1. The van der Waals surface area contributed by atoms with Crippen molar-refractivity contribution in [3.05, 3.63) is 34.3 Å². The fraction of sp³-hybridized carbons (Fsp3) is 0.611. The van der Waals surface area contributed by atoms with Gasteiger partial charge in [0, 0.05) is 25.0 Å². The molecule has 6 nitrogen and oxygen atoms in total. The van der Waals surface area contributed by atoms with Crippen molar-refractivity contribution >= 4 is 42.1 Å². The summed E-state index contributed by atoms with van der Waals surface area (Å²) in [5.74, 6) is 1.08. The van der Waals surface area contributed by atoms with Gasteiger partial charge >= 0.3 is 0 Å². The third kappa shape index (κ3) is 4.16. The van der Waals surface area contributed by atoms with Crippen molar-refractivity contribution in [3.63, 3.8) is 0 Å². The van der Waals surface area contributed by atoms with Crippen LogP contribution in [0.25, 0.3) is 0 Å². The number of aryl methyl sites for hydroxylation is 2. The Morgan fingerprint density at radius 2 is 2.11 bits per heavy atom. The average Bonchev–Trinajstić information content (AvgIpc) is 2.99. The number of piperidine rings is 1. The quantitative estimate of drug-likeness (QED) is 0.788. The first kappa shape index (κ1) is 22.1. The van der Waals surface area contributed by atoms with E-state index in [-0.39, 0.29) is 30.7 Å². The van der Waals surface area contributed by atoms with Crippen molar-refractivity contribution < 1.29 is 4.79 Å². The summed E-state index contributed by atoms with van der Waals surface area (Å²) >= 11 is 1.45. The summed E-state index contributed by atoms with van der Waals surface area (Å²) in [6.07, 6.45) is 7.25. The molecular weight excluding hydrogens is 405 g/mol. The standard InChI is InChI=1S/C18H25N5OS.2ClH/c1-3-22-9-8-20-15(22)11-23(17(24)16-13(2)21-12-25-16)14-10-18(14)4-6-19-7-5-18;;/h8-9,12,14,19H,3-7,10-11H2,1-2H3;2*1H. The normalized spacial score (nSPS) is 19.9. The Balaban J connectivity index is 0.00000131. The predicted molar refractivity (Wildman–Crippen MR) is 112 cm³/mol. The van der Waals surface area contributed by atoms with E-state index < -0.39 is 0 Å². The molecule has 0 aromatic carbocycles. The van der Waals surface area contributed by atoms with Gasteiger partial charge in [0.2, 0.25) is 0 Å². The molecule has 2 aliphatic rings. The smallest absolute Gasteiger partial charge is 0.266 e. The van der Waals surface area contributed by atoms with Crippen LogP contribution in [0.2, 0.25) is 0 Å². The van der Waals surface area contributed by atoms with Crippen LogP contribution in [-0.2, 0) is 13.1 Å². The van der Waals surface area contributed by atoms with Gasteiger partial charge in [-0.25, -0.2) is 9.97 Å². The summed E-state index contributed by atoms with van der Waals surface area (Å²) in [6, 6.07) is 0.325. The van der Waals surface area contributed by atoms with Crippen LogP contribution in [0.4, 0.5) is 0 Å². The average molecular weight is 432 g/mol. The number of carbonyl (C=O) groups is 1. The monoisotopic (exact) mass is 431 g/mol. The van der Waals surface area contributed by atoms with Gasteiger partial charge in [-0.2, -0.15) is 0 Å². The lowest BCUT2D eigenvalue weighted by Crippen LogP contribution is -2.39. The molecule has 9 heteroatoms. The topological polar surface area (TPSA) is 63.1 Å². The van der Waals surface area contributed by atoms with Gasteiger partial charge in [0.25, 0.3) is 5.91 Å². The maximum atomic E-state index is 13.3. The second kappa shape index (κ2) is 8.90. The van der Waals surface area contributed by atoms with E-state index in [1.54, 1.807) is 5.51 Å². The zero-order chi connectivity index (χ0) is 17.4. The van der Waals surface area contributed by atoms with Crippen LogP contribution in [0.5, 0.6) is 0 Å². The second-order valence-electron chi connectivity index (χ2n) is 7.16. The van der Waals surface area contributed by atoms with Gasteiger partial charge in [-0.05, 0) is 51.6 Å². The molecule has 1 unspecified atom stereocenters. The van der Waals surface area contributed by atoms with Crippen molar-refractivity contribution in [1.29, 1.82) is 0 Å². The second-order valence-corrected chi connectivity index (χ2v) is 8.02. The molecule has 150 valence electrons. The van der Waals surface area contributed by atoms with Crippen LogP contribution in [0, 0.1) is 12.3 Å². The number of carbonyl (C=O) groups excluding carboxylic acids is 1. The van der Waals surface area contributed by atoms with Crippen molar-refractivity contribution in [2.24, 2.45) is 5.41 Å². The Labute approximate surface area is 176 Å². The highest BCUT2D eigenvalue weighted by Crippen LogP contribution is 2.56. The molecular formula is C18H27Cl2N5OS. The number of aromatic nitrogens is 3. The number of imidazole rings is 1. The first-order valence-corrected chi connectivity index (χ1v) is 9.94. The molecule has 1 saturated heterocycles. The van der Waals surface area contributed by atoms with E-state index in [1.165, 1.54) is 11.3 Å². The minimum Gasteiger partial charge on any atom is -0.334 e. The van der Waals surface area contributed by atoms with Crippen LogP contribution in [0.1, 0.15) is 47.4 Å². The number of thiazole rings is 1. The SMILES string of the molecule is CCn1ccnc1CN(C(=O)c1scnc1C)C1CC12CCNCC2.Cl.Cl. The highest BCUT2D eigenvalue weighted by molar-refractivity contribution is 7.11. The summed E-state index contributed by atoms with van der Waals surface area (Å²) in [6.45, 7) is 7.59. The van der Waals surface area contributed by atoms with E-state index in [1.807, 2.05) is 19.3 Å². The van der Waals surface area contributed by atoms with Crippen LogP contribution in [0.15, 0.2) is 17.9 Å². The molecule has 1 saturated carbocycles. The van der Waals surface area contributed by atoms with Crippen molar-refractivity contribution in [1.82, 2.24) is 24.8 Å². The zero-order valence-corrected chi connectivity index (χ0v) is 18.1. The molecule has 2 fully saturated rings. The lowest BCUT2D eigenvalue weighted by atomic mass is 9.93. The third-order valence-electron chi connectivity index (χ3n) is 5.78. The molecule has 0 bridgehead atoms. The molecule has 1 atom stereocenters. The van der Waals surface area contributed by atoms with Crippen LogP contribution in [-0.4, -0.2) is 44.5 Å². The Morgan fingerprint density at radius 1 is 1.37 bits per heavy atom. The molecule has 0 radical (unpaired) electrons. The van der Waals surface area contributed by atoms with E-state index in [4.69, 9.17) is 0 Å².